The Hall–Kier alpha value is -1.66. The largest absolute Gasteiger partial charge is 0.325 e. The van der Waals surface area contributed by atoms with Gasteiger partial charge in [-0.2, -0.15) is 0 Å². The number of carbonyl (C=O) groups excluding carboxylic acids is 1. The highest BCUT2D eigenvalue weighted by molar-refractivity contribution is 6.33. The molecule has 1 aromatic carbocycles. The van der Waals surface area contributed by atoms with Crippen molar-refractivity contribution in [1.82, 2.24) is 5.32 Å². The van der Waals surface area contributed by atoms with Gasteiger partial charge in [-0.15, -0.1) is 0 Å². The Kier molecular flexibility index (Phi) is 4.34. The van der Waals surface area contributed by atoms with Gasteiger partial charge in [0.05, 0.1) is 15.6 Å². The summed E-state index contributed by atoms with van der Waals surface area (Å²) >= 11 is 5.91. The van der Waals surface area contributed by atoms with Gasteiger partial charge in [-0.25, -0.2) is 0 Å². The van der Waals surface area contributed by atoms with Gasteiger partial charge in [0, 0.05) is 24.6 Å². The Balaban J connectivity index is 2.02. The van der Waals surface area contributed by atoms with E-state index in [-0.39, 0.29) is 23.3 Å². The van der Waals surface area contributed by atoms with Crippen LogP contribution in [0.25, 0.3) is 0 Å². The van der Waals surface area contributed by atoms with Gasteiger partial charge in [-0.3, -0.25) is 14.9 Å². The lowest BCUT2D eigenvalue weighted by Crippen LogP contribution is -2.27. The normalized spacial score (nSPS) is 18.3. The summed E-state index contributed by atoms with van der Waals surface area (Å²) in [6.45, 7) is 0.926. The zero-order chi connectivity index (χ0) is 13.8. The smallest absolute Gasteiger partial charge is 0.271 e. The van der Waals surface area contributed by atoms with Crippen molar-refractivity contribution in [3.63, 3.8) is 0 Å². The van der Waals surface area contributed by atoms with Crippen molar-refractivity contribution >= 4 is 28.9 Å². The van der Waals surface area contributed by atoms with Crippen molar-refractivity contribution in [2.24, 2.45) is 0 Å². The second-order valence-corrected chi connectivity index (χ2v) is 4.87. The lowest BCUT2D eigenvalue weighted by molar-refractivity contribution is -0.384. The zero-order valence-electron chi connectivity index (χ0n) is 10.2. The highest BCUT2D eigenvalue weighted by Crippen LogP contribution is 2.27. The predicted octanol–water partition coefficient (Wildman–Crippen LogP) is 2.33. The molecule has 1 aliphatic rings. The molecular weight excluding hydrogens is 270 g/mol. The van der Waals surface area contributed by atoms with Gasteiger partial charge in [0.25, 0.3) is 5.69 Å². The monoisotopic (exact) mass is 283 g/mol. The van der Waals surface area contributed by atoms with Crippen LogP contribution < -0.4 is 10.6 Å². The molecule has 0 saturated carbocycles. The average molecular weight is 284 g/mol. The van der Waals surface area contributed by atoms with Crippen LogP contribution in [0.5, 0.6) is 0 Å². The molecule has 1 amide bonds. The van der Waals surface area contributed by atoms with Crippen molar-refractivity contribution < 1.29 is 9.72 Å². The summed E-state index contributed by atoms with van der Waals surface area (Å²) in [4.78, 5) is 22.0. The number of amides is 1. The van der Waals surface area contributed by atoms with Crippen LogP contribution in [0.3, 0.4) is 0 Å². The van der Waals surface area contributed by atoms with Gasteiger partial charge >= 0.3 is 0 Å². The topological polar surface area (TPSA) is 84.3 Å². The molecule has 0 aliphatic carbocycles. The van der Waals surface area contributed by atoms with E-state index < -0.39 is 4.92 Å². The third-order valence-electron chi connectivity index (χ3n) is 3.03. The van der Waals surface area contributed by atoms with Crippen molar-refractivity contribution in [2.45, 2.75) is 25.3 Å². The molecular formula is C12H14ClN3O3. The van der Waals surface area contributed by atoms with Crippen molar-refractivity contribution in [1.29, 1.82) is 0 Å². The lowest BCUT2D eigenvalue weighted by Gasteiger charge is -2.11. The molecule has 19 heavy (non-hydrogen) atoms. The van der Waals surface area contributed by atoms with Crippen LogP contribution in [0.2, 0.25) is 5.02 Å². The average Bonchev–Trinajstić information content (AvgIpc) is 2.84. The van der Waals surface area contributed by atoms with Crippen LogP contribution in [-0.4, -0.2) is 23.4 Å². The molecule has 1 aromatic rings. The Labute approximate surface area is 115 Å². The second-order valence-electron chi connectivity index (χ2n) is 4.47. The fourth-order valence-electron chi connectivity index (χ4n) is 2.08. The molecule has 6 nitrogen and oxygen atoms in total. The van der Waals surface area contributed by atoms with E-state index in [0.29, 0.717) is 11.4 Å². The highest BCUT2D eigenvalue weighted by Gasteiger charge is 2.19. The summed E-state index contributed by atoms with van der Waals surface area (Å²) < 4.78 is 0. The van der Waals surface area contributed by atoms with Gasteiger partial charge in [-0.05, 0) is 25.5 Å². The molecule has 1 fully saturated rings. The van der Waals surface area contributed by atoms with E-state index in [9.17, 15) is 14.9 Å². The molecule has 0 radical (unpaired) electrons. The summed E-state index contributed by atoms with van der Waals surface area (Å²) in [5.74, 6) is -0.193. The van der Waals surface area contributed by atoms with Gasteiger partial charge in [0.15, 0.2) is 0 Å². The molecule has 1 saturated heterocycles. The first kappa shape index (κ1) is 13.8. The van der Waals surface area contributed by atoms with Gasteiger partial charge in [0.1, 0.15) is 0 Å². The van der Waals surface area contributed by atoms with Crippen LogP contribution in [0, 0.1) is 10.1 Å². The standard InChI is InChI=1S/C12H14ClN3O3/c13-10-4-3-9(16(18)19)7-11(10)15-12(17)6-8-2-1-5-14-8/h3-4,7-8,14H,1-2,5-6H2,(H,15,17). The number of nitrogens with zero attached hydrogens (tertiary/aromatic N) is 1. The first-order valence-corrected chi connectivity index (χ1v) is 6.41. The Bertz CT molecular complexity index is 501. The van der Waals surface area contributed by atoms with Crippen LogP contribution >= 0.6 is 11.6 Å². The summed E-state index contributed by atoms with van der Waals surface area (Å²) in [7, 11) is 0. The maximum Gasteiger partial charge on any atom is 0.271 e. The Morgan fingerprint density at radius 2 is 2.37 bits per heavy atom. The summed E-state index contributed by atoms with van der Waals surface area (Å²) in [5, 5.41) is 16.8. The van der Waals surface area contributed by atoms with Crippen molar-refractivity contribution in [3.05, 3.63) is 33.3 Å². The van der Waals surface area contributed by atoms with E-state index in [1.165, 1.54) is 18.2 Å². The number of nitro groups is 1. The van der Waals surface area contributed by atoms with E-state index in [1.807, 2.05) is 0 Å². The molecule has 0 aromatic heterocycles. The molecule has 1 heterocycles. The number of nitro benzene ring substituents is 1. The van der Waals surface area contributed by atoms with Crippen molar-refractivity contribution in [2.75, 3.05) is 11.9 Å². The fraction of sp³-hybridized carbons (Fsp3) is 0.417. The molecule has 2 N–H and O–H groups in total. The summed E-state index contributed by atoms with van der Waals surface area (Å²) in [6, 6.07) is 4.15. The number of non-ortho nitro benzene ring substituents is 1. The quantitative estimate of drug-likeness (QED) is 0.656. The van der Waals surface area contributed by atoms with Gasteiger partial charge < -0.3 is 10.6 Å². The van der Waals surface area contributed by atoms with E-state index in [1.54, 1.807) is 0 Å². The molecule has 0 bridgehead atoms. The number of carbonyl (C=O) groups is 1. The zero-order valence-corrected chi connectivity index (χ0v) is 10.9. The van der Waals surface area contributed by atoms with E-state index in [0.717, 1.165) is 19.4 Å². The minimum atomic E-state index is -0.523. The lowest BCUT2D eigenvalue weighted by atomic mass is 10.1. The number of hydrogen-bond donors (Lipinski definition) is 2. The molecule has 2 rings (SSSR count). The molecule has 1 atom stereocenters. The van der Waals surface area contributed by atoms with E-state index in [4.69, 9.17) is 11.6 Å². The van der Waals surface area contributed by atoms with Gasteiger partial charge in [-0.1, -0.05) is 11.6 Å². The second kappa shape index (κ2) is 5.99. The maximum atomic E-state index is 11.8. The van der Waals surface area contributed by atoms with Crippen LogP contribution in [-0.2, 0) is 4.79 Å². The van der Waals surface area contributed by atoms with Crippen LogP contribution in [0.4, 0.5) is 11.4 Å². The molecule has 1 aliphatic heterocycles. The number of benzene rings is 1. The first-order chi connectivity index (χ1) is 9.06. The first-order valence-electron chi connectivity index (χ1n) is 6.03. The van der Waals surface area contributed by atoms with Crippen molar-refractivity contribution in [3.8, 4) is 0 Å². The third kappa shape index (κ3) is 3.65. The maximum absolute atomic E-state index is 11.8. The molecule has 7 heteroatoms. The number of hydrogen-bond acceptors (Lipinski definition) is 4. The minimum absolute atomic E-state index is 0.0984. The minimum Gasteiger partial charge on any atom is -0.325 e. The van der Waals surface area contributed by atoms with Gasteiger partial charge in [0.2, 0.25) is 5.91 Å². The third-order valence-corrected chi connectivity index (χ3v) is 3.36. The summed E-state index contributed by atoms with van der Waals surface area (Å²) in [5.41, 5.74) is 0.178. The number of halogens is 1. The predicted molar refractivity (Wildman–Crippen MR) is 72.4 cm³/mol. The SMILES string of the molecule is O=C(CC1CCCN1)Nc1cc([N+](=O)[O-])ccc1Cl. The molecule has 0 spiro atoms. The van der Waals surface area contributed by atoms with Crippen LogP contribution in [0.1, 0.15) is 19.3 Å². The Morgan fingerprint density at radius 1 is 1.58 bits per heavy atom. The molecule has 102 valence electrons. The van der Waals surface area contributed by atoms with E-state index in [2.05, 4.69) is 10.6 Å². The summed E-state index contributed by atoms with van der Waals surface area (Å²) in [6.07, 6.45) is 2.38. The number of nitrogens with one attached hydrogen (secondary N) is 2. The Morgan fingerprint density at radius 3 is 3.00 bits per heavy atom. The van der Waals surface area contributed by atoms with E-state index >= 15 is 0 Å². The fourth-order valence-corrected chi connectivity index (χ4v) is 2.24. The number of rotatable bonds is 4. The van der Waals surface area contributed by atoms with Crippen LogP contribution in [0.15, 0.2) is 18.2 Å². The highest BCUT2D eigenvalue weighted by atomic mass is 35.5. The molecule has 1 unspecified atom stereocenters. The number of anilines is 1.